The Morgan fingerprint density at radius 2 is 1.97 bits per heavy atom. The largest absolute Gasteiger partial charge is 0.497 e. The van der Waals surface area contributed by atoms with E-state index in [9.17, 15) is 14.4 Å². The van der Waals surface area contributed by atoms with Gasteiger partial charge in [0.1, 0.15) is 23.0 Å². The third kappa shape index (κ3) is 4.07. The number of hydrogen-bond donors (Lipinski definition) is 0. The molecule has 2 atom stereocenters. The number of hydrogen-bond acceptors (Lipinski definition) is 8. The average Bonchev–Trinajstić information content (AvgIpc) is 3.10. The summed E-state index contributed by atoms with van der Waals surface area (Å²) in [5.74, 6) is 0.236. The lowest BCUT2D eigenvalue weighted by atomic mass is 9.86. The molecule has 9 heteroatoms. The van der Waals surface area contributed by atoms with E-state index >= 15 is 0 Å². The van der Waals surface area contributed by atoms with Crippen LogP contribution >= 0.6 is 0 Å². The number of nitrogens with zero attached hydrogens (tertiary/aromatic N) is 2. The Morgan fingerprint density at radius 1 is 1.24 bits per heavy atom. The maximum Gasteiger partial charge on any atom is 0.411 e. The van der Waals surface area contributed by atoms with Gasteiger partial charge in [-0.15, -0.1) is 0 Å². The van der Waals surface area contributed by atoms with Crippen molar-refractivity contribution in [2.24, 2.45) is 0 Å². The van der Waals surface area contributed by atoms with Crippen LogP contribution in [0, 0.1) is 6.92 Å². The predicted octanol–water partition coefficient (Wildman–Crippen LogP) is 3.44. The molecule has 9 nitrogen and oxygen atoms in total. The normalized spacial score (nSPS) is 22.2. The van der Waals surface area contributed by atoms with Crippen LogP contribution in [0.1, 0.15) is 49.7 Å². The maximum atomic E-state index is 13.5. The van der Waals surface area contributed by atoms with E-state index < -0.39 is 29.3 Å². The molecule has 1 fully saturated rings. The fourth-order valence-electron chi connectivity index (χ4n) is 4.52. The number of carbonyl (C=O) groups is 3. The molecule has 0 aliphatic carbocycles. The Balaban J connectivity index is 1.75. The number of ketones is 1. The van der Waals surface area contributed by atoms with Crippen LogP contribution in [-0.2, 0) is 14.3 Å². The lowest BCUT2D eigenvalue weighted by molar-refractivity contribution is -0.145. The summed E-state index contributed by atoms with van der Waals surface area (Å²) in [6.45, 7) is 7.02. The molecule has 0 saturated carbocycles. The summed E-state index contributed by atoms with van der Waals surface area (Å²) in [6.07, 6.45) is -0.544. The van der Waals surface area contributed by atoms with Crippen LogP contribution in [-0.4, -0.2) is 65.7 Å². The molecule has 2 aromatic rings. The topological polar surface area (TPSA) is 104 Å². The van der Waals surface area contributed by atoms with E-state index in [0.29, 0.717) is 33.7 Å². The summed E-state index contributed by atoms with van der Waals surface area (Å²) in [6, 6.07) is 4.42. The minimum atomic E-state index is -1.08. The number of benzene rings is 1. The first-order chi connectivity index (χ1) is 15.5. The second kappa shape index (κ2) is 7.90. The SMILES string of the molecule is COC(=O)[C@@H]1C[C@]2(CC(=O)c3c(c(C)nc4ccc(OC)cc34)O2)CN1C(=O)OC(C)(C)C. The number of methoxy groups -OCH3 is 2. The number of Topliss-reactive ketones (excluding diaryl/α,β-unsaturated/α-hetero) is 1. The van der Waals surface area contributed by atoms with Crippen LogP contribution < -0.4 is 9.47 Å². The van der Waals surface area contributed by atoms with Crippen molar-refractivity contribution in [3.05, 3.63) is 29.5 Å². The van der Waals surface area contributed by atoms with Crippen LogP contribution in [0.25, 0.3) is 10.9 Å². The monoisotopic (exact) mass is 456 g/mol. The highest BCUT2D eigenvalue weighted by Gasteiger charge is 2.55. The molecular formula is C24H28N2O7. The predicted molar refractivity (Wildman–Crippen MR) is 119 cm³/mol. The van der Waals surface area contributed by atoms with Gasteiger partial charge in [-0.2, -0.15) is 0 Å². The molecular weight excluding hydrogens is 428 g/mol. The summed E-state index contributed by atoms with van der Waals surface area (Å²) < 4.78 is 22.2. The molecule has 2 aliphatic rings. The molecule has 0 bridgehead atoms. The van der Waals surface area contributed by atoms with Crippen molar-refractivity contribution >= 4 is 28.7 Å². The lowest BCUT2D eigenvalue weighted by Gasteiger charge is -2.35. The number of aromatic nitrogens is 1. The number of pyridine rings is 1. The van der Waals surface area contributed by atoms with Gasteiger partial charge in [-0.05, 0) is 45.9 Å². The minimum Gasteiger partial charge on any atom is -0.497 e. The summed E-state index contributed by atoms with van der Waals surface area (Å²) in [5, 5.41) is 0.640. The van der Waals surface area contributed by atoms with Crippen LogP contribution in [0.4, 0.5) is 4.79 Å². The van der Waals surface area contributed by atoms with Crippen LogP contribution in [0.2, 0.25) is 0 Å². The lowest BCUT2D eigenvalue weighted by Crippen LogP contribution is -2.47. The molecule has 1 amide bonds. The second-order valence-electron chi connectivity index (χ2n) is 9.52. The number of fused-ring (bicyclic) bond motifs is 3. The maximum absolute atomic E-state index is 13.5. The van der Waals surface area contributed by atoms with Gasteiger partial charge in [0.25, 0.3) is 0 Å². The van der Waals surface area contributed by atoms with E-state index in [1.807, 2.05) is 0 Å². The summed E-state index contributed by atoms with van der Waals surface area (Å²) in [5.41, 5.74) is -0.178. The standard InChI is InChI=1S/C24H28N2O7/c1-13-20-19(15-9-14(30-5)7-8-16(15)25-13)18(27)11-24(32-20)10-17(21(28)31-6)26(12-24)22(29)33-23(2,3)4/h7-9,17H,10-12H2,1-6H3/t17-,24-/m0/s1. The van der Waals surface area contributed by atoms with Crippen molar-refractivity contribution in [1.82, 2.24) is 9.88 Å². The van der Waals surface area contributed by atoms with E-state index in [2.05, 4.69) is 4.98 Å². The Hall–Kier alpha value is -3.36. The fourth-order valence-corrected chi connectivity index (χ4v) is 4.52. The highest BCUT2D eigenvalue weighted by atomic mass is 16.6. The number of likely N-dealkylation sites (tertiary alicyclic amines) is 1. The highest BCUT2D eigenvalue weighted by molar-refractivity contribution is 6.11. The average molecular weight is 456 g/mol. The van der Waals surface area contributed by atoms with Gasteiger partial charge in [0, 0.05) is 11.8 Å². The van der Waals surface area contributed by atoms with Crippen molar-refractivity contribution in [2.75, 3.05) is 20.8 Å². The summed E-state index contributed by atoms with van der Waals surface area (Å²) in [7, 11) is 2.82. The molecule has 176 valence electrons. The quantitative estimate of drug-likeness (QED) is 0.633. The molecule has 33 heavy (non-hydrogen) atoms. The number of ether oxygens (including phenoxy) is 4. The summed E-state index contributed by atoms with van der Waals surface area (Å²) >= 11 is 0. The molecule has 0 unspecified atom stereocenters. The third-order valence-electron chi connectivity index (χ3n) is 5.90. The van der Waals surface area contributed by atoms with Crippen molar-refractivity contribution < 1.29 is 33.3 Å². The molecule has 2 aliphatic heterocycles. The smallest absolute Gasteiger partial charge is 0.411 e. The van der Waals surface area contributed by atoms with Gasteiger partial charge in [-0.25, -0.2) is 14.6 Å². The van der Waals surface area contributed by atoms with E-state index in [1.54, 1.807) is 53.0 Å². The van der Waals surface area contributed by atoms with Gasteiger partial charge in [0.2, 0.25) is 0 Å². The molecule has 1 saturated heterocycles. The Bertz CT molecular complexity index is 1150. The molecule has 1 spiro atoms. The van der Waals surface area contributed by atoms with Gasteiger partial charge in [-0.3, -0.25) is 9.69 Å². The first-order valence-electron chi connectivity index (χ1n) is 10.7. The molecule has 0 N–H and O–H groups in total. The third-order valence-corrected chi connectivity index (χ3v) is 5.90. The summed E-state index contributed by atoms with van der Waals surface area (Å²) in [4.78, 5) is 44.8. The first-order valence-corrected chi connectivity index (χ1v) is 10.7. The Kier molecular flexibility index (Phi) is 5.46. The van der Waals surface area contributed by atoms with Crippen LogP contribution in [0.15, 0.2) is 18.2 Å². The molecule has 1 aromatic heterocycles. The molecule has 4 rings (SSSR count). The Morgan fingerprint density at radius 3 is 2.61 bits per heavy atom. The molecule has 3 heterocycles. The number of esters is 1. The van der Waals surface area contributed by atoms with Crippen LogP contribution in [0.3, 0.4) is 0 Å². The van der Waals surface area contributed by atoms with Gasteiger partial charge >= 0.3 is 12.1 Å². The van der Waals surface area contributed by atoms with Crippen molar-refractivity contribution in [1.29, 1.82) is 0 Å². The zero-order valence-electron chi connectivity index (χ0n) is 19.7. The second-order valence-corrected chi connectivity index (χ2v) is 9.52. The minimum absolute atomic E-state index is 0.00253. The molecule has 1 aromatic carbocycles. The van der Waals surface area contributed by atoms with E-state index in [4.69, 9.17) is 18.9 Å². The molecule has 0 radical (unpaired) electrons. The first kappa shape index (κ1) is 22.8. The van der Waals surface area contributed by atoms with Gasteiger partial charge in [-0.1, -0.05) is 0 Å². The van der Waals surface area contributed by atoms with Crippen molar-refractivity contribution in [3.8, 4) is 11.5 Å². The van der Waals surface area contributed by atoms with Crippen molar-refractivity contribution in [3.63, 3.8) is 0 Å². The zero-order chi connectivity index (χ0) is 24.1. The zero-order valence-corrected chi connectivity index (χ0v) is 19.7. The van der Waals surface area contributed by atoms with E-state index in [1.165, 1.54) is 12.0 Å². The van der Waals surface area contributed by atoms with E-state index in [0.717, 1.165) is 0 Å². The van der Waals surface area contributed by atoms with Crippen LogP contribution in [0.5, 0.6) is 11.5 Å². The van der Waals surface area contributed by atoms with Gasteiger partial charge < -0.3 is 18.9 Å². The van der Waals surface area contributed by atoms with Crippen molar-refractivity contribution in [2.45, 2.75) is 57.8 Å². The number of carbonyl (C=O) groups excluding carboxylic acids is 3. The van der Waals surface area contributed by atoms with Gasteiger partial charge in [0.15, 0.2) is 11.5 Å². The Labute approximate surface area is 191 Å². The van der Waals surface area contributed by atoms with E-state index in [-0.39, 0.29) is 25.2 Å². The van der Waals surface area contributed by atoms with Gasteiger partial charge in [0.05, 0.1) is 44.0 Å². The number of rotatable bonds is 2. The number of aryl methyl sites for hydroxylation is 1. The number of amides is 1. The fraction of sp³-hybridized carbons (Fsp3) is 0.500. The highest BCUT2D eigenvalue weighted by Crippen LogP contribution is 2.45.